The minimum atomic E-state index is 0.588. The Bertz CT molecular complexity index is 345. The van der Waals surface area contributed by atoms with Crippen LogP contribution in [0.15, 0.2) is 36.0 Å². The summed E-state index contributed by atoms with van der Waals surface area (Å²) in [6.45, 7) is 0. The number of hydrogen-bond acceptors (Lipinski definition) is 2. The van der Waals surface area contributed by atoms with Crippen molar-refractivity contribution in [3.63, 3.8) is 0 Å². The first kappa shape index (κ1) is 8.73. The fourth-order valence-electron chi connectivity index (χ4n) is 0.971. The predicted octanol–water partition coefficient (Wildman–Crippen LogP) is 3.55. The van der Waals surface area contributed by atoms with E-state index < -0.39 is 0 Å². The lowest BCUT2D eigenvalue weighted by atomic mass is 9.95. The van der Waals surface area contributed by atoms with E-state index in [9.17, 15) is 0 Å². The summed E-state index contributed by atoms with van der Waals surface area (Å²) in [6, 6.07) is 8.48. The van der Waals surface area contributed by atoms with Gasteiger partial charge >= 0.3 is 0 Å². The zero-order valence-corrected chi connectivity index (χ0v) is 8.48. The quantitative estimate of drug-likeness (QED) is 0.559. The topological polar surface area (TPSA) is 12.9 Å². The van der Waals surface area contributed by atoms with Crippen LogP contribution in [0.5, 0.6) is 0 Å². The van der Waals surface area contributed by atoms with Crippen molar-refractivity contribution in [3.05, 3.63) is 40.8 Å². The fourth-order valence-corrected chi connectivity index (χ4v) is 1.67. The number of fused-ring (bicyclic) bond motifs is 1. The molecule has 0 unspecified atom stereocenters. The minimum absolute atomic E-state index is 0.588. The van der Waals surface area contributed by atoms with Gasteiger partial charge in [0.25, 0.3) is 0 Å². The Morgan fingerprint density at radius 2 is 1.77 bits per heavy atom. The molecule has 1 heterocycles. The van der Waals surface area contributed by atoms with E-state index in [1.165, 1.54) is 11.1 Å². The zero-order valence-electron chi connectivity index (χ0n) is 6.90. The number of alkyl halides is 1. The third kappa shape index (κ3) is 1.90. The van der Waals surface area contributed by atoms with E-state index in [0.717, 1.165) is 4.88 Å². The molecule has 0 saturated heterocycles. The van der Waals surface area contributed by atoms with Crippen LogP contribution in [0, 0.1) is 0 Å². The van der Waals surface area contributed by atoms with Crippen LogP contribution in [-0.4, -0.2) is 4.98 Å². The zero-order chi connectivity index (χ0) is 9.10. The number of thiazole rings is 1. The molecule has 1 aromatic rings. The van der Waals surface area contributed by atoms with Gasteiger partial charge in [-0.1, -0.05) is 24.3 Å². The number of nitrogens with zero attached hydrogens (tertiary/aromatic N) is 1. The molecule has 2 aliphatic carbocycles. The number of benzene rings is 1. The first-order chi connectivity index (χ1) is 6.40. The van der Waals surface area contributed by atoms with Gasteiger partial charge in [-0.2, -0.15) is 0 Å². The molecule has 2 aliphatic rings. The summed E-state index contributed by atoms with van der Waals surface area (Å²) in [5.41, 5.74) is 4.63. The molecule has 0 amide bonds. The Labute approximate surface area is 86.0 Å². The molecule has 1 nitrogen and oxygen atoms in total. The van der Waals surface area contributed by atoms with Crippen molar-refractivity contribution in [2.75, 3.05) is 0 Å². The maximum absolute atomic E-state index is 5.44. The van der Waals surface area contributed by atoms with Crippen LogP contribution in [-0.2, 0) is 5.88 Å². The lowest BCUT2D eigenvalue weighted by molar-refractivity contribution is 1.37. The van der Waals surface area contributed by atoms with Crippen LogP contribution in [0.4, 0.5) is 0 Å². The molecule has 0 N–H and O–H groups in total. The minimum Gasteiger partial charge on any atom is -0.253 e. The molecule has 66 valence electrons. The summed E-state index contributed by atoms with van der Waals surface area (Å²) in [5.74, 6) is 0.588. The van der Waals surface area contributed by atoms with E-state index in [-0.39, 0.29) is 0 Å². The van der Waals surface area contributed by atoms with Crippen LogP contribution in [0.3, 0.4) is 0 Å². The maximum Gasteiger partial charge on any atom is 0.0794 e. The molecule has 0 radical (unpaired) electrons. The molecule has 3 rings (SSSR count). The van der Waals surface area contributed by atoms with Crippen LogP contribution < -0.4 is 0 Å². The second-order valence-corrected chi connectivity index (χ2v) is 3.92. The van der Waals surface area contributed by atoms with Crippen molar-refractivity contribution in [3.8, 4) is 11.1 Å². The first-order valence-corrected chi connectivity index (χ1v) is 5.35. The molecule has 13 heavy (non-hydrogen) atoms. The smallest absolute Gasteiger partial charge is 0.0794 e. The highest BCUT2D eigenvalue weighted by atomic mass is 35.5. The number of rotatable bonds is 1. The summed E-state index contributed by atoms with van der Waals surface area (Å²) >= 11 is 7.02. The van der Waals surface area contributed by atoms with Gasteiger partial charge in [0.2, 0.25) is 0 Å². The van der Waals surface area contributed by atoms with Gasteiger partial charge in [0, 0.05) is 11.1 Å². The van der Waals surface area contributed by atoms with Gasteiger partial charge in [-0.15, -0.1) is 22.9 Å². The van der Waals surface area contributed by atoms with E-state index >= 15 is 0 Å². The van der Waals surface area contributed by atoms with E-state index in [1.807, 2.05) is 0 Å². The Morgan fingerprint density at radius 3 is 1.92 bits per heavy atom. The molecule has 3 heteroatoms. The van der Waals surface area contributed by atoms with Crippen molar-refractivity contribution >= 4 is 22.9 Å². The number of halogens is 1. The van der Waals surface area contributed by atoms with Crippen LogP contribution in [0.2, 0.25) is 0 Å². The highest BCUT2D eigenvalue weighted by molar-refractivity contribution is 7.09. The van der Waals surface area contributed by atoms with Gasteiger partial charge in [-0.05, 0) is 11.1 Å². The molecule has 0 spiro atoms. The Hall–Kier alpha value is -0.860. The summed E-state index contributed by atoms with van der Waals surface area (Å²) in [5, 5.41) is 0. The van der Waals surface area contributed by atoms with Gasteiger partial charge in [0.05, 0.1) is 11.4 Å². The SMILES string of the molecule is ClCc1cncs1.c1cc2ccc1-2. The fraction of sp³-hybridized carbons (Fsp3) is 0.100. The lowest BCUT2D eigenvalue weighted by Crippen LogP contribution is -1.85. The molecular weight excluding hydrogens is 202 g/mol. The normalized spacial score (nSPS) is 10.2. The van der Waals surface area contributed by atoms with Crippen LogP contribution in [0.1, 0.15) is 4.88 Å². The van der Waals surface area contributed by atoms with Gasteiger partial charge in [0.15, 0.2) is 0 Å². The van der Waals surface area contributed by atoms with E-state index in [4.69, 9.17) is 11.6 Å². The molecule has 0 saturated carbocycles. The lowest BCUT2D eigenvalue weighted by Gasteiger charge is -2.10. The maximum atomic E-state index is 5.44. The van der Waals surface area contributed by atoms with Crippen molar-refractivity contribution in [2.45, 2.75) is 5.88 Å². The van der Waals surface area contributed by atoms with Crippen LogP contribution >= 0.6 is 22.9 Å². The van der Waals surface area contributed by atoms with Gasteiger partial charge < -0.3 is 0 Å². The van der Waals surface area contributed by atoms with E-state index in [0.29, 0.717) is 5.88 Å². The molecule has 0 atom stereocenters. The first-order valence-electron chi connectivity index (χ1n) is 3.94. The Balaban J connectivity index is 0.000000101. The third-order valence-corrected chi connectivity index (χ3v) is 3.06. The molecule has 1 aromatic heterocycles. The molecule has 0 fully saturated rings. The van der Waals surface area contributed by atoms with Gasteiger partial charge in [-0.3, -0.25) is 4.98 Å². The number of hydrogen-bond donors (Lipinski definition) is 0. The third-order valence-electron chi connectivity index (χ3n) is 1.83. The van der Waals surface area contributed by atoms with E-state index in [1.54, 1.807) is 23.0 Å². The molecule has 0 aromatic carbocycles. The monoisotopic (exact) mass is 209 g/mol. The summed E-state index contributed by atoms with van der Waals surface area (Å²) in [6.07, 6.45) is 1.78. The average Bonchev–Trinajstić information content (AvgIpc) is 2.64. The summed E-state index contributed by atoms with van der Waals surface area (Å²) in [4.78, 5) is 4.95. The van der Waals surface area contributed by atoms with Crippen LogP contribution in [0.25, 0.3) is 11.1 Å². The second kappa shape index (κ2) is 3.90. The Morgan fingerprint density at radius 1 is 1.15 bits per heavy atom. The Kier molecular flexibility index (Phi) is 2.62. The molecule has 0 aliphatic heterocycles. The average molecular weight is 210 g/mol. The van der Waals surface area contributed by atoms with Crippen molar-refractivity contribution in [2.24, 2.45) is 0 Å². The van der Waals surface area contributed by atoms with Gasteiger partial charge in [0.1, 0.15) is 0 Å². The van der Waals surface area contributed by atoms with Gasteiger partial charge in [-0.25, -0.2) is 0 Å². The predicted molar refractivity (Wildman–Crippen MR) is 57.1 cm³/mol. The summed E-state index contributed by atoms with van der Waals surface area (Å²) in [7, 11) is 0. The van der Waals surface area contributed by atoms with Crippen molar-refractivity contribution in [1.29, 1.82) is 0 Å². The molecular formula is C10H8ClNS. The molecule has 0 bridgehead atoms. The number of aromatic nitrogens is 1. The van der Waals surface area contributed by atoms with E-state index in [2.05, 4.69) is 29.2 Å². The standard InChI is InChI=1S/C6H4.C4H4ClNS/c1-2-6-4-3-5(1)6;5-1-4-2-6-3-7-4/h1-4H;2-3H,1H2. The summed E-state index contributed by atoms with van der Waals surface area (Å²) < 4.78 is 0. The highest BCUT2D eigenvalue weighted by Gasteiger charge is 2.03. The van der Waals surface area contributed by atoms with Crippen molar-refractivity contribution < 1.29 is 0 Å². The highest BCUT2D eigenvalue weighted by Crippen LogP contribution is 2.29. The second-order valence-electron chi connectivity index (χ2n) is 2.68. The van der Waals surface area contributed by atoms with Crippen molar-refractivity contribution in [1.82, 2.24) is 4.98 Å². The largest absolute Gasteiger partial charge is 0.253 e.